The first-order valence-corrected chi connectivity index (χ1v) is 11.9. The predicted octanol–water partition coefficient (Wildman–Crippen LogP) is 5.94. The molecule has 3 heterocycles. The van der Waals surface area contributed by atoms with Crippen molar-refractivity contribution >= 4 is 33.3 Å². The van der Waals surface area contributed by atoms with Gasteiger partial charge in [0.15, 0.2) is 5.11 Å². The minimum Gasteiger partial charge on any atom is -0.352 e. The van der Waals surface area contributed by atoms with Crippen LogP contribution >= 0.6 is 28.1 Å². The molecule has 3 aromatic rings. The maximum atomic E-state index is 5.90. The van der Waals surface area contributed by atoms with Crippen molar-refractivity contribution in [2.45, 2.75) is 50.2 Å². The van der Waals surface area contributed by atoms with Crippen LogP contribution in [0.1, 0.15) is 55.6 Å². The maximum Gasteiger partial charge on any atom is 0.170 e. The fourth-order valence-electron chi connectivity index (χ4n) is 4.93. The van der Waals surface area contributed by atoms with Gasteiger partial charge in [-0.15, -0.1) is 0 Å². The van der Waals surface area contributed by atoms with Crippen molar-refractivity contribution in [2.75, 3.05) is 0 Å². The Kier molecular flexibility index (Phi) is 5.61. The number of aromatic nitrogens is 2. The van der Waals surface area contributed by atoms with E-state index in [0.29, 0.717) is 6.04 Å². The molecule has 2 atom stereocenters. The summed E-state index contributed by atoms with van der Waals surface area (Å²) < 4.78 is 3.36. The topological polar surface area (TPSA) is 33.1 Å². The molecule has 1 aromatic carbocycles. The summed E-state index contributed by atoms with van der Waals surface area (Å²) in [5.74, 6) is 0. The minimum atomic E-state index is 0.0291. The summed E-state index contributed by atoms with van der Waals surface area (Å²) >= 11 is 9.52. The molecule has 1 saturated heterocycles. The standard InChI is InChI=1S/C24H25BrN4S/c25-17-8-6-11-19(16-17)28-15-7-13-21(28)23-22(20-12-4-5-14-26-20)27-24(30)29(23)18-9-2-1-3-10-18/h4-8,11-16,18,22-23H,1-3,9-10H2,(H,27,30)/t22-,23-/m1/s1. The molecular weight excluding hydrogens is 456 g/mol. The van der Waals surface area contributed by atoms with Crippen molar-refractivity contribution in [3.63, 3.8) is 0 Å². The summed E-state index contributed by atoms with van der Waals surface area (Å²) in [7, 11) is 0. The van der Waals surface area contributed by atoms with Crippen LogP contribution in [0.5, 0.6) is 0 Å². The van der Waals surface area contributed by atoms with Gasteiger partial charge >= 0.3 is 0 Å². The lowest BCUT2D eigenvalue weighted by atomic mass is 9.92. The number of nitrogens with zero attached hydrogens (tertiary/aromatic N) is 3. The van der Waals surface area contributed by atoms with Gasteiger partial charge in [0.25, 0.3) is 0 Å². The van der Waals surface area contributed by atoms with Crippen molar-refractivity contribution in [3.8, 4) is 5.69 Å². The first-order valence-electron chi connectivity index (χ1n) is 10.7. The summed E-state index contributed by atoms with van der Waals surface area (Å²) in [6.07, 6.45) is 10.3. The number of hydrogen-bond donors (Lipinski definition) is 1. The van der Waals surface area contributed by atoms with Crippen LogP contribution in [0.25, 0.3) is 5.69 Å². The minimum absolute atomic E-state index is 0.0291. The van der Waals surface area contributed by atoms with Gasteiger partial charge in [0.2, 0.25) is 0 Å². The van der Waals surface area contributed by atoms with Crippen LogP contribution < -0.4 is 5.32 Å². The molecule has 0 spiro atoms. The van der Waals surface area contributed by atoms with E-state index >= 15 is 0 Å². The molecule has 0 bridgehead atoms. The third kappa shape index (κ3) is 3.67. The van der Waals surface area contributed by atoms with E-state index in [0.717, 1.165) is 21.0 Å². The van der Waals surface area contributed by atoms with Gasteiger partial charge in [-0.3, -0.25) is 4.98 Å². The normalized spacial score (nSPS) is 22.3. The van der Waals surface area contributed by atoms with E-state index in [1.807, 2.05) is 12.3 Å². The lowest BCUT2D eigenvalue weighted by molar-refractivity contribution is 0.193. The number of thiocarbonyl (C=S) groups is 1. The molecule has 6 heteroatoms. The third-order valence-electron chi connectivity index (χ3n) is 6.27. The Hall–Kier alpha value is -2.18. The molecule has 2 aromatic heterocycles. The van der Waals surface area contributed by atoms with Gasteiger partial charge in [-0.25, -0.2) is 0 Å². The molecule has 154 valence electrons. The van der Waals surface area contributed by atoms with Gasteiger partial charge in [0.05, 0.1) is 17.8 Å². The van der Waals surface area contributed by atoms with Gasteiger partial charge in [-0.2, -0.15) is 0 Å². The molecular formula is C24H25BrN4S. The number of hydrogen-bond acceptors (Lipinski definition) is 2. The Labute approximate surface area is 191 Å². The Morgan fingerprint density at radius 1 is 1.00 bits per heavy atom. The zero-order chi connectivity index (χ0) is 20.5. The van der Waals surface area contributed by atoms with Gasteiger partial charge in [-0.05, 0) is 67.5 Å². The van der Waals surface area contributed by atoms with Crippen LogP contribution in [0.4, 0.5) is 0 Å². The van der Waals surface area contributed by atoms with Crippen LogP contribution in [0.15, 0.2) is 71.5 Å². The third-order valence-corrected chi connectivity index (χ3v) is 7.10. The molecule has 1 aliphatic carbocycles. The van der Waals surface area contributed by atoms with E-state index in [1.165, 1.54) is 37.8 Å². The number of benzene rings is 1. The van der Waals surface area contributed by atoms with E-state index in [-0.39, 0.29) is 12.1 Å². The Balaban J connectivity index is 1.61. The van der Waals surface area contributed by atoms with E-state index in [9.17, 15) is 0 Å². The fraction of sp³-hybridized carbons (Fsp3) is 0.333. The molecule has 30 heavy (non-hydrogen) atoms. The van der Waals surface area contributed by atoms with Crippen molar-refractivity contribution < 1.29 is 0 Å². The number of nitrogens with one attached hydrogen (secondary N) is 1. The van der Waals surface area contributed by atoms with Crippen molar-refractivity contribution in [1.29, 1.82) is 0 Å². The second kappa shape index (κ2) is 8.52. The molecule has 2 fully saturated rings. The lowest BCUT2D eigenvalue weighted by Crippen LogP contribution is -2.40. The van der Waals surface area contributed by atoms with Crippen LogP contribution in [0.3, 0.4) is 0 Å². The molecule has 0 unspecified atom stereocenters. The van der Waals surface area contributed by atoms with E-state index in [4.69, 9.17) is 12.2 Å². The first-order chi connectivity index (χ1) is 14.7. The molecule has 5 rings (SSSR count). The average Bonchev–Trinajstić information content (AvgIpc) is 3.39. The van der Waals surface area contributed by atoms with Crippen LogP contribution in [-0.4, -0.2) is 25.6 Å². The van der Waals surface area contributed by atoms with Crippen molar-refractivity contribution in [3.05, 3.63) is 82.9 Å². The summed E-state index contributed by atoms with van der Waals surface area (Å²) in [6, 6.07) is 19.5. The Morgan fingerprint density at radius 2 is 1.87 bits per heavy atom. The van der Waals surface area contributed by atoms with Crippen LogP contribution in [0.2, 0.25) is 0 Å². The molecule has 4 nitrogen and oxygen atoms in total. The molecule has 0 amide bonds. The predicted molar refractivity (Wildman–Crippen MR) is 128 cm³/mol. The SMILES string of the molecule is S=C1N[C@H](c2ccccn2)[C@@H](c2cccn2-c2cccc(Br)c2)N1C1CCCCC1. The molecule has 1 aliphatic heterocycles. The highest BCUT2D eigenvalue weighted by Gasteiger charge is 2.44. The Morgan fingerprint density at radius 3 is 2.63 bits per heavy atom. The van der Waals surface area contributed by atoms with E-state index < -0.39 is 0 Å². The maximum absolute atomic E-state index is 5.90. The highest BCUT2D eigenvalue weighted by atomic mass is 79.9. The second-order valence-corrected chi connectivity index (χ2v) is 9.41. The molecule has 1 saturated carbocycles. The number of halogens is 1. The quantitative estimate of drug-likeness (QED) is 0.468. The summed E-state index contributed by atoms with van der Waals surface area (Å²) in [5, 5.41) is 4.47. The van der Waals surface area contributed by atoms with Gasteiger partial charge in [-0.1, -0.05) is 47.3 Å². The molecule has 0 radical (unpaired) electrons. The second-order valence-electron chi connectivity index (χ2n) is 8.11. The zero-order valence-corrected chi connectivity index (χ0v) is 19.1. The smallest absolute Gasteiger partial charge is 0.170 e. The van der Waals surface area contributed by atoms with Crippen LogP contribution in [-0.2, 0) is 0 Å². The zero-order valence-electron chi connectivity index (χ0n) is 16.7. The fourth-order valence-corrected chi connectivity index (χ4v) is 5.71. The average molecular weight is 481 g/mol. The summed E-state index contributed by atoms with van der Waals surface area (Å²) in [4.78, 5) is 7.16. The number of pyridine rings is 1. The monoisotopic (exact) mass is 480 g/mol. The van der Waals surface area contributed by atoms with Gasteiger partial charge in [0.1, 0.15) is 0 Å². The van der Waals surface area contributed by atoms with Gasteiger partial charge in [0, 0.05) is 34.3 Å². The van der Waals surface area contributed by atoms with E-state index in [2.05, 4.69) is 90.4 Å². The number of rotatable bonds is 4. The van der Waals surface area contributed by atoms with Gasteiger partial charge < -0.3 is 14.8 Å². The summed E-state index contributed by atoms with van der Waals surface area (Å²) in [6.45, 7) is 0. The largest absolute Gasteiger partial charge is 0.352 e. The highest BCUT2D eigenvalue weighted by Crippen LogP contribution is 2.43. The van der Waals surface area contributed by atoms with Crippen molar-refractivity contribution in [2.24, 2.45) is 0 Å². The molecule has 2 aliphatic rings. The first kappa shape index (κ1) is 19.8. The summed E-state index contributed by atoms with van der Waals surface area (Å²) in [5.41, 5.74) is 3.41. The van der Waals surface area contributed by atoms with Crippen molar-refractivity contribution in [1.82, 2.24) is 19.8 Å². The molecule has 1 N–H and O–H groups in total. The van der Waals surface area contributed by atoms with Crippen LogP contribution in [0, 0.1) is 0 Å². The lowest BCUT2D eigenvalue weighted by Gasteiger charge is -2.37. The van der Waals surface area contributed by atoms with E-state index in [1.54, 1.807) is 0 Å². The Bertz CT molecular complexity index is 1030. The highest BCUT2D eigenvalue weighted by molar-refractivity contribution is 9.10.